The lowest BCUT2D eigenvalue weighted by Gasteiger charge is -2.27. The van der Waals surface area contributed by atoms with Crippen molar-refractivity contribution in [1.29, 1.82) is 0 Å². The number of fused-ring (bicyclic) bond motifs is 2. The number of likely N-dealkylation sites (N-methyl/N-ethyl adjacent to an activating group) is 1. The van der Waals surface area contributed by atoms with Gasteiger partial charge in [0.15, 0.2) is 12.6 Å². The van der Waals surface area contributed by atoms with Crippen molar-refractivity contribution in [3.8, 4) is 16.9 Å². The number of hydrogen-bond donors (Lipinski definition) is 0. The Balaban J connectivity index is 1.44. The molecule has 3 aromatic heterocycles. The van der Waals surface area contributed by atoms with Crippen LogP contribution in [0, 0.1) is 27.7 Å². The lowest BCUT2D eigenvalue weighted by atomic mass is 9.98. The molecule has 0 saturated carbocycles. The van der Waals surface area contributed by atoms with Gasteiger partial charge in [-0.05, 0) is 94.5 Å². The van der Waals surface area contributed by atoms with Crippen LogP contribution in [0.3, 0.4) is 0 Å². The van der Waals surface area contributed by atoms with Crippen LogP contribution in [-0.2, 0) is 13.5 Å². The Kier molecular flexibility index (Phi) is 10.1. The molecule has 0 aliphatic rings. The predicted molar refractivity (Wildman–Crippen MR) is 204 cm³/mol. The van der Waals surface area contributed by atoms with Crippen molar-refractivity contribution in [3.63, 3.8) is 0 Å². The fourth-order valence-corrected chi connectivity index (χ4v) is 7.70. The van der Waals surface area contributed by atoms with Crippen molar-refractivity contribution >= 4 is 63.3 Å². The Hall–Kier alpha value is -4.66. The van der Waals surface area contributed by atoms with Crippen LogP contribution in [0.15, 0.2) is 54.9 Å². The highest BCUT2D eigenvalue weighted by molar-refractivity contribution is 6.35. The van der Waals surface area contributed by atoms with E-state index in [1.165, 1.54) is 0 Å². The maximum absolute atomic E-state index is 13.2. The predicted octanol–water partition coefficient (Wildman–Crippen LogP) is 9.46. The number of aromatic nitrogens is 4. The Morgan fingerprint density at radius 2 is 1.62 bits per heavy atom. The fourth-order valence-electron chi connectivity index (χ4n) is 7.35. The number of rotatable bonds is 12. The molecule has 6 aromatic rings. The highest BCUT2D eigenvalue weighted by Crippen LogP contribution is 2.43. The monoisotopic (exact) mass is 709 g/mol. The van der Waals surface area contributed by atoms with Crippen LogP contribution in [0.1, 0.15) is 68.4 Å². The maximum atomic E-state index is 13.2. The average molecular weight is 711 g/mol. The van der Waals surface area contributed by atoms with Gasteiger partial charge in [-0.1, -0.05) is 41.4 Å². The highest BCUT2D eigenvalue weighted by atomic mass is 35.5. The van der Waals surface area contributed by atoms with Crippen molar-refractivity contribution in [1.82, 2.24) is 19.1 Å². The zero-order valence-electron chi connectivity index (χ0n) is 29.5. The standard InChI is InChI=1S/C40H41Cl2N5O3/c1-23-16-30(17-24(2)38(23)42)50-15-9-11-31-32-13-14-33(41)37(36-26(4)43-22-44-27(36)5)40(32)47(35(31)21-49)25(3)19-45(6)34-12-8-10-28-18-29(20-48)46(7)39(28)34/h8,10,12-14,16-18,20-22,25H,9,11,15,19H2,1-7H3/t25-/m1/s1. The molecule has 3 aromatic carbocycles. The van der Waals surface area contributed by atoms with Gasteiger partial charge in [0.25, 0.3) is 0 Å². The van der Waals surface area contributed by atoms with E-state index in [0.717, 1.165) is 90.0 Å². The molecule has 258 valence electrons. The molecule has 0 bridgehead atoms. The van der Waals surface area contributed by atoms with Gasteiger partial charge in [-0.15, -0.1) is 0 Å². The van der Waals surface area contributed by atoms with Crippen LogP contribution in [0.4, 0.5) is 5.69 Å². The molecule has 8 nitrogen and oxygen atoms in total. The summed E-state index contributed by atoms with van der Waals surface area (Å²) in [6.45, 7) is 11.0. The first-order valence-corrected chi connectivity index (χ1v) is 17.5. The second kappa shape index (κ2) is 14.3. The van der Waals surface area contributed by atoms with E-state index in [0.29, 0.717) is 42.4 Å². The van der Waals surface area contributed by atoms with Gasteiger partial charge < -0.3 is 18.8 Å². The summed E-state index contributed by atoms with van der Waals surface area (Å²) in [5.74, 6) is 0.775. The lowest BCUT2D eigenvalue weighted by molar-refractivity contribution is 0.110. The molecule has 0 N–H and O–H groups in total. The van der Waals surface area contributed by atoms with Crippen molar-refractivity contribution in [2.75, 3.05) is 25.1 Å². The first kappa shape index (κ1) is 35.2. The van der Waals surface area contributed by atoms with Crippen LogP contribution >= 0.6 is 23.2 Å². The number of para-hydroxylation sites is 1. The normalized spacial score (nSPS) is 12.1. The molecule has 6 rings (SSSR count). The number of carbonyl (C=O) groups is 2. The molecule has 0 saturated heterocycles. The molecular formula is C40H41Cl2N5O3. The summed E-state index contributed by atoms with van der Waals surface area (Å²) >= 11 is 13.4. The summed E-state index contributed by atoms with van der Waals surface area (Å²) in [5.41, 5.74) is 10.2. The topological polar surface area (TPSA) is 82.2 Å². The zero-order chi connectivity index (χ0) is 35.9. The minimum absolute atomic E-state index is 0.170. The molecule has 0 unspecified atom stereocenters. The number of ether oxygens (including phenoxy) is 1. The summed E-state index contributed by atoms with van der Waals surface area (Å²) in [6, 6.07) is 15.6. The van der Waals surface area contributed by atoms with E-state index in [1.807, 2.05) is 88.8 Å². The molecule has 50 heavy (non-hydrogen) atoms. The van der Waals surface area contributed by atoms with Crippen molar-refractivity contribution in [2.45, 2.75) is 53.5 Å². The van der Waals surface area contributed by atoms with Crippen LogP contribution < -0.4 is 9.64 Å². The number of hydrogen-bond acceptors (Lipinski definition) is 6. The number of halogens is 2. The Morgan fingerprint density at radius 1 is 0.920 bits per heavy atom. The first-order valence-electron chi connectivity index (χ1n) is 16.7. The number of aryl methyl sites for hydroxylation is 6. The second-order valence-corrected chi connectivity index (χ2v) is 13.9. The average Bonchev–Trinajstić information content (AvgIpc) is 3.59. The van der Waals surface area contributed by atoms with Crippen molar-refractivity contribution in [3.05, 3.63) is 104 Å². The quantitative estimate of drug-likeness (QED) is 0.0930. The number of aldehydes is 2. The van der Waals surface area contributed by atoms with E-state index in [-0.39, 0.29) is 6.04 Å². The Morgan fingerprint density at radius 3 is 2.28 bits per heavy atom. The fraction of sp³-hybridized carbons (Fsp3) is 0.300. The minimum Gasteiger partial charge on any atom is -0.494 e. The first-order chi connectivity index (χ1) is 24.0. The summed E-state index contributed by atoms with van der Waals surface area (Å²) < 4.78 is 10.2. The van der Waals surface area contributed by atoms with Gasteiger partial charge >= 0.3 is 0 Å². The molecule has 0 aliphatic heterocycles. The molecule has 0 amide bonds. The van der Waals surface area contributed by atoms with Gasteiger partial charge in [-0.2, -0.15) is 0 Å². The summed E-state index contributed by atoms with van der Waals surface area (Å²) in [6.07, 6.45) is 4.71. The Bertz CT molecular complexity index is 2230. The number of carbonyl (C=O) groups excluding carboxylic acids is 2. The lowest BCUT2D eigenvalue weighted by Crippen LogP contribution is -2.27. The largest absolute Gasteiger partial charge is 0.494 e. The Labute approximate surface area is 302 Å². The molecule has 0 fully saturated rings. The van der Waals surface area contributed by atoms with Crippen molar-refractivity contribution in [2.24, 2.45) is 7.05 Å². The van der Waals surface area contributed by atoms with Gasteiger partial charge in [0.05, 0.1) is 39.7 Å². The maximum Gasteiger partial charge on any atom is 0.166 e. The minimum atomic E-state index is -0.170. The SMILES string of the molecule is Cc1cc(OCCCc2c(C=O)n([C@H](C)CN(C)c3cccc4cc(C=O)n(C)c34)c3c(-c4c(C)ncnc4C)c(Cl)ccc23)cc(C)c1Cl. The van der Waals surface area contributed by atoms with Crippen LogP contribution in [0.25, 0.3) is 32.9 Å². The van der Waals surface area contributed by atoms with Gasteiger partial charge in [-0.25, -0.2) is 9.97 Å². The van der Waals surface area contributed by atoms with Gasteiger partial charge in [0.1, 0.15) is 12.1 Å². The zero-order valence-corrected chi connectivity index (χ0v) is 31.0. The smallest absolute Gasteiger partial charge is 0.166 e. The second-order valence-electron chi connectivity index (χ2n) is 13.1. The molecule has 3 heterocycles. The van der Waals surface area contributed by atoms with E-state index < -0.39 is 0 Å². The molecule has 0 radical (unpaired) electrons. The van der Waals surface area contributed by atoms with Crippen molar-refractivity contribution < 1.29 is 14.3 Å². The van der Waals surface area contributed by atoms with E-state index in [2.05, 4.69) is 32.4 Å². The molecule has 10 heteroatoms. The summed E-state index contributed by atoms with van der Waals surface area (Å²) in [4.78, 5) is 36.2. The van der Waals surface area contributed by atoms with E-state index in [9.17, 15) is 9.59 Å². The highest BCUT2D eigenvalue weighted by Gasteiger charge is 2.27. The molecular weight excluding hydrogens is 669 g/mol. The molecule has 1 atom stereocenters. The van der Waals surface area contributed by atoms with Crippen LogP contribution in [0.2, 0.25) is 10.0 Å². The van der Waals surface area contributed by atoms with E-state index in [1.54, 1.807) is 6.33 Å². The van der Waals surface area contributed by atoms with Gasteiger partial charge in [0, 0.05) is 65.0 Å². The molecule has 0 aliphatic carbocycles. The van der Waals surface area contributed by atoms with Crippen LogP contribution in [-0.4, -0.2) is 51.9 Å². The number of nitrogens with zero attached hydrogens (tertiary/aromatic N) is 5. The van der Waals surface area contributed by atoms with E-state index in [4.69, 9.17) is 27.9 Å². The number of anilines is 1. The summed E-state index contributed by atoms with van der Waals surface area (Å²) in [5, 5.41) is 3.26. The van der Waals surface area contributed by atoms with Crippen LogP contribution in [0.5, 0.6) is 5.75 Å². The summed E-state index contributed by atoms with van der Waals surface area (Å²) in [7, 11) is 3.94. The van der Waals surface area contributed by atoms with Gasteiger partial charge in [-0.3, -0.25) is 9.59 Å². The molecule has 0 spiro atoms. The number of benzene rings is 3. The third-order valence-electron chi connectivity index (χ3n) is 9.68. The third-order valence-corrected chi connectivity index (χ3v) is 10.6. The van der Waals surface area contributed by atoms with Gasteiger partial charge in [0.2, 0.25) is 0 Å². The van der Waals surface area contributed by atoms with E-state index >= 15 is 0 Å². The third kappa shape index (κ3) is 6.27.